The summed E-state index contributed by atoms with van der Waals surface area (Å²) in [5.41, 5.74) is 6.79. The zero-order chi connectivity index (χ0) is 13.1. The first-order valence-corrected chi connectivity index (χ1v) is 6.87. The molecule has 0 spiro atoms. The number of hydrogen-bond donors (Lipinski definition) is 3. The Bertz CT molecular complexity index is 451. The second-order valence-corrected chi connectivity index (χ2v) is 5.64. The second-order valence-electron chi connectivity index (χ2n) is 4.78. The molecule has 5 heteroatoms. The monoisotopic (exact) mass is 312 g/mol. The minimum Gasteiger partial charge on any atom is -0.399 e. The molecule has 1 amide bonds. The first-order chi connectivity index (χ1) is 8.56. The van der Waals surface area contributed by atoms with Crippen LogP contribution in [0.1, 0.15) is 29.6 Å². The van der Waals surface area contributed by atoms with Crippen molar-refractivity contribution in [2.75, 3.05) is 12.3 Å². The standard InChI is InChI=1S/C13H17BrN2O2/c14-12-4-2-9(15)6-11(12)13(18)16-7-8-1-3-10(17)5-8/h2,4,6,8,10,17H,1,3,5,7,15H2,(H,16,18). The lowest BCUT2D eigenvalue weighted by Gasteiger charge is -2.12. The third-order valence-electron chi connectivity index (χ3n) is 3.30. The highest BCUT2D eigenvalue weighted by Crippen LogP contribution is 2.25. The molecular weight excluding hydrogens is 296 g/mol. The number of anilines is 1. The number of aliphatic hydroxyl groups is 1. The maximum atomic E-state index is 12.0. The second kappa shape index (κ2) is 5.71. The van der Waals surface area contributed by atoms with Gasteiger partial charge in [-0.3, -0.25) is 4.79 Å². The van der Waals surface area contributed by atoms with Gasteiger partial charge in [-0.1, -0.05) is 0 Å². The van der Waals surface area contributed by atoms with Crippen molar-refractivity contribution in [2.24, 2.45) is 5.92 Å². The number of nitrogens with two attached hydrogens (primary N) is 1. The van der Waals surface area contributed by atoms with E-state index in [0.717, 1.165) is 23.7 Å². The highest BCUT2D eigenvalue weighted by Gasteiger charge is 2.23. The molecule has 1 aromatic rings. The van der Waals surface area contributed by atoms with Gasteiger partial charge in [0.1, 0.15) is 0 Å². The van der Waals surface area contributed by atoms with Gasteiger partial charge >= 0.3 is 0 Å². The average molecular weight is 313 g/mol. The van der Waals surface area contributed by atoms with Crippen LogP contribution >= 0.6 is 15.9 Å². The SMILES string of the molecule is Nc1ccc(Br)c(C(=O)NCC2CCC(O)C2)c1. The first kappa shape index (κ1) is 13.4. The van der Waals surface area contributed by atoms with Crippen LogP contribution in [0.2, 0.25) is 0 Å². The molecule has 2 rings (SSSR count). The van der Waals surface area contributed by atoms with Crippen molar-refractivity contribution in [3.63, 3.8) is 0 Å². The Labute approximate surface area is 115 Å². The number of carbonyl (C=O) groups is 1. The van der Waals surface area contributed by atoms with E-state index in [9.17, 15) is 9.90 Å². The van der Waals surface area contributed by atoms with E-state index in [1.807, 2.05) is 0 Å². The molecule has 98 valence electrons. The van der Waals surface area contributed by atoms with E-state index in [0.29, 0.717) is 23.7 Å². The number of carbonyl (C=O) groups excluding carboxylic acids is 1. The zero-order valence-electron chi connectivity index (χ0n) is 10.0. The Morgan fingerprint density at radius 2 is 2.28 bits per heavy atom. The molecule has 0 aliphatic heterocycles. The van der Waals surface area contributed by atoms with Crippen LogP contribution in [0, 0.1) is 5.92 Å². The van der Waals surface area contributed by atoms with Gasteiger partial charge in [0.25, 0.3) is 5.91 Å². The van der Waals surface area contributed by atoms with Gasteiger partial charge in [-0.15, -0.1) is 0 Å². The number of nitrogen functional groups attached to an aromatic ring is 1. The van der Waals surface area contributed by atoms with Crippen LogP contribution in [0.25, 0.3) is 0 Å². The van der Waals surface area contributed by atoms with Crippen LogP contribution in [-0.4, -0.2) is 23.7 Å². The quantitative estimate of drug-likeness (QED) is 0.746. The number of aliphatic hydroxyl groups excluding tert-OH is 1. The number of benzene rings is 1. The van der Waals surface area contributed by atoms with Crippen molar-refractivity contribution in [2.45, 2.75) is 25.4 Å². The normalized spacial score (nSPS) is 23.0. The van der Waals surface area contributed by atoms with Crippen molar-refractivity contribution >= 4 is 27.5 Å². The predicted octanol–water partition coefficient (Wildman–Crippen LogP) is 1.92. The summed E-state index contributed by atoms with van der Waals surface area (Å²) in [5, 5.41) is 12.3. The molecule has 0 saturated heterocycles. The lowest BCUT2D eigenvalue weighted by atomic mass is 10.1. The highest BCUT2D eigenvalue weighted by atomic mass is 79.9. The molecule has 0 aromatic heterocycles. The largest absolute Gasteiger partial charge is 0.399 e. The molecule has 4 nitrogen and oxygen atoms in total. The maximum absolute atomic E-state index is 12.0. The summed E-state index contributed by atoms with van der Waals surface area (Å²) in [6.45, 7) is 0.608. The Kier molecular flexibility index (Phi) is 4.24. The van der Waals surface area contributed by atoms with Crippen molar-refractivity contribution in [3.05, 3.63) is 28.2 Å². The minimum absolute atomic E-state index is 0.129. The molecule has 1 saturated carbocycles. The van der Waals surface area contributed by atoms with Gasteiger partial charge in [-0.05, 0) is 59.3 Å². The molecule has 1 fully saturated rings. The van der Waals surface area contributed by atoms with Gasteiger partial charge in [0.2, 0.25) is 0 Å². The van der Waals surface area contributed by atoms with Gasteiger partial charge < -0.3 is 16.2 Å². The molecule has 0 radical (unpaired) electrons. The lowest BCUT2D eigenvalue weighted by molar-refractivity contribution is 0.0944. The van der Waals surface area contributed by atoms with E-state index >= 15 is 0 Å². The Morgan fingerprint density at radius 1 is 1.50 bits per heavy atom. The summed E-state index contributed by atoms with van der Waals surface area (Å²) in [6, 6.07) is 5.17. The number of nitrogens with one attached hydrogen (secondary N) is 1. The van der Waals surface area contributed by atoms with Crippen molar-refractivity contribution in [1.82, 2.24) is 5.32 Å². The lowest BCUT2D eigenvalue weighted by Crippen LogP contribution is -2.29. The van der Waals surface area contributed by atoms with Gasteiger partial charge in [-0.25, -0.2) is 0 Å². The smallest absolute Gasteiger partial charge is 0.252 e. The molecule has 2 atom stereocenters. The Morgan fingerprint density at radius 3 is 2.94 bits per heavy atom. The summed E-state index contributed by atoms with van der Waals surface area (Å²) in [7, 11) is 0. The summed E-state index contributed by atoms with van der Waals surface area (Å²) in [6.07, 6.45) is 2.38. The first-order valence-electron chi connectivity index (χ1n) is 6.07. The van der Waals surface area contributed by atoms with Gasteiger partial charge in [-0.2, -0.15) is 0 Å². The van der Waals surface area contributed by atoms with E-state index in [1.54, 1.807) is 18.2 Å². The summed E-state index contributed by atoms with van der Waals surface area (Å²) >= 11 is 3.34. The van der Waals surface area contributed by atoms with Crippen LogP contribution in [0.4, 0.5) is 5.69 Å². The third kappa shape index (κ3) is 3.23. The van der Waals surface area contributed by atoms with Crippen LogP contribution in [0.15, 0.2) is 22.7 Å². The molecule has 1 aliphatic carbocycles. The minimum atomic E-state index is -0.203. The number of rotatable bonds is 3. The van der Waals surface area contributed by atoms with Crippen molar-refractivity contribution in [1.29, 1.82) is 0 Å². The Balaban J connectivity index is 1.93. The third-order valence-corrected chi connectivity index (χ3v) is 3.99. The fourth-order valence-electron chi connectivity index (χ4n) is 2.28. The molecule has 0 heterocycles. The number of halogens is 1. The fraction of sp³-hybridized carbons (Fsp3) is 0.462. The molecule has 4 N–H and O–H groups in total. The van der Waals surface area contributed by atoms with Crippen LogP contribution < -0.4 is 11.1 Å². The zero-order valence-corrected chi connectivity index (χ0v) is 11.6. The predicted molar refractivity (Wildman–Crippen MR) is 74.2 cm³/mol. The van der Waals surface area contributed by atoms with Crippen LogP contribution in [0.3, 0.4) is 0 Å². The molecule has 18 heavy (non-hydrogen) atoms. The maximum Gasteiger partial charge on any atom is 0.252 e. The van der Waals surface area contributed by atoms with E-state index < -0.39 is 0 Å². The molecular formula is C13H17BrN2O2. The van der Waals surface area contributed by atoms with Gasteiger partial charge in [0, 0.05) is 16.7 Å². The fourth-order valence-corrected chi connectivity index (χ4v) is 2.71. The Hall–Kier alpha value is -1.07. The van der Waals surface area contributed by atoms with E-state index in [1.165, 1.54) is 0 Å². The van der Waals surface area contributed by atoms with Gasteiger partial charge in [0.15, 0.2) is 0 Å². The molecule has 0 bridgehead atoms. The highest BCUT2D eigenvalue weighted by molar-refractivity contribution is 9.10. The van der Waals surface area contributed by atoms with Crippen molar-refractivity contribution < 1.29 is 9.90 Å². The molecule has 1 aliphatic rings. The van der Waals surface area contributed by atoms with E-state index in [2.05, 4.69) is 21.2 Å². The average Bonchev–Trinajstić information content (AvgIpc) is 2.75. The van der Waals surface area contributed by atoms with Crippen LogP contribution in [0.5, 0.6) is 0 Å². The topological polar surface area (TPSA) is 75.4 Å². The summed E-state index contributed by atoms with van der Waals surface area (Å²) in [4.78, 5) is 12.0. The van der Waals surface area contributed by atoms with E-state index in [-0.39, 0.29) is 12.0 Å². The number of amides is 1. The number of hydrogen-bond acceptors (Lipinski definition) is 3. The van der Waals surface area contributed by atoms with E-state index in [4.69, 9.17) is 5.73 Å². The van der Waals surface area contributed by atoms with Crippen molar-refractivity contribution in [3.8, 4) is 0 Å². The molecule has 2 unspecified atom stereocenters. The summed E-state index contributed by atoms with van der Waals surface area (Å²) in [5.74, 6) is 0.249. The summed E-state index contributed by atoms with van der Waals surface area (Å²) < 4.78 is 0.737. The molecule has 1 aromatic carbocycles. The van der Waals surface area contributed by atoms with Crippen LogP contribution in [-0.2, 0) is 0 Å². The van der Waals surface area contributed by atoms with Gasteiger partial charge in [0.05, 0.1) is 11.7 Å².